The van der Waals surface area contributed by atoms with Gasteiger partial charge in [-0.05, 0) is 48.6 Å². The summed E-state index contributed by atoms with van der Waals surface area (Å²) in [6, 6.07) is 10.6. The van der Waals surface area contributed by atoms with Gasteiger partial charge in [0.2, 0.25) is 0 Å². The minimum absolute atomic E-state index is 0.0281. The number of aromatic hydroxyl groups is 1. The second kappa shape index (κ2) is 7.21. The van der Waals surface area contributed by atoms with E-state index in [1.807, 2.05) is 0 Å². The minimum Gasteiger partial charge on any atom is -0.507 e. The van der Waals surface area contributed by atoms with Crippen molar-refractivity contribution in [2.75, 3.05) is 5.32 Å². The van der Waals surface area contributed by atoms with Crippen LogP contribution >= 0.6 is 28.1 Å². The lowest BCUT2D eigenvalue weighted by atomic mass is 10.2. The van der Waals surface area contributed by atoms with Gasteiger partial charge in [0.15, 0.2) is 5.11 Å². The molecule has 0 radical (unpaired) electrons. The maximum atomic E-state index is 12.0. The number of hydrogen-bond donors (Lipinski definition) is 4. The predicted octanol–water partition coefficient (Wildman–Crippen LogP) is 2.98. The fraction of sp³-hybridized carbons (Fsp3) is 0. The van der Waals surface area contributed by atoms with E-state index in [1.165, 1.54) is 18.2 Å². The molecule has 8 heteroatoms. The zero-order chi connectivity index (χ0) is 17.0. The number of aromatic carboxylic acids is 1. The molecular weight excluding hydrogens is 384 g/mol. The van der Waals surface area contributed by atoms with E-state index >= 15 is 0 Å². The Balaban J connectivity index is 2.02. The van der Waals surface area contributed by atoms with Crippen LogP contribution in [0.5, 0.6) is 5.75 Å². The molecule has 0 aromatic heterocycles. The van der Waals surface area contributed by atoms with Gasteiger partial charge in [-0.1, -0.05) is 15.9 Å². The molecule has 0 unspecified atom stereocenters. The fourth-order valence-corrected chi connectivity index (χ4v) is 2.20. The van der Waals surface area contributed by atoms with Gasteiger partial charge in [0.05, 0.1) is 0 Å². The molecule has 2 aromatic carbocycles. The van der Waals surface area contributed by atoms with Crippen molar-refractivity contribution in [1.29, 1.82) is 0 Å². The summed E-state index contributed by atoms with van der Waals surface area (Å²) in [4.78, 5) is 22.8. The Kier molecular flexibility index (Phi) is 5.30. The van der Waals surface area contributed by atoms with Crippen LogP contribution in [0.3, 0.4) is 0 Å². The Morgan fingerprint density at radius 1 is 1.09 bits per heavy atom. The summed E-state index contributed by atoms with van der Waals surface area (Å²) in [7, 11) is 0. The summed E-state index contributed by atoms with van der Waals surface area (Å²) in [5.41, 5.74) is 0.565. The number of carbonyl (C=O) groups is 2. The molecule has 0 heterocycles. The van der Waals surface area contributed by atoms with Crippen LogP contribution in [0.4, 0.5) is 5.69 Å². The highest BCUT2D eigenvalue weighted by molar-refractivity contribution is 9.10. The highest BCUT2D eigenvalue weighted by atomic mass is 79.9. The maximum absolute atomic E-state index is 12.0. The quantitative estimate of drug-likeness (QED) is 0.597. The van der Waals surface area contributed by atoms with Gasteiger partial charge in [-0.2, -0.15) is 0 Å². The first-order chi connectivity index (χ1) is 10.9. The van der Waals surface area contributed by atoms with Crippen LogP contribution in [0.15, 0.2) is 46.9 Å². The summed E-state index contributed by atoms with van der Waals surface area (Å²) >= 11 is 8.29. The highest BCUT2D eigenvalue weighted by Gasteiger charge is 2.11. The van der Waals surface area contributed by atoms with Crippen LogP contribution in [0.2, 0.25) is 0 Å². The van der Waals surface area contributed by atoms with Crippen molar-refractivity contribution in [3.8, 4) is 5.75 Å². The van der Waals surface area contributed by atoms with E-state index in [2.05, 4.69) is 26.6 Å². The summed E-state index contributed by atoms with van der Waals surface area (Å²) in [5, 5.41) is 23.7. The number of nitrogens with one attached hydrogen (secondary N) is 2. The van der Waals surface area contributed by atoms with Gasteiger partial charge in [0.25, 0.3) is 5.91 Å². The lowest BCUT2D eigenvalue weighted by Gasteiger charge is -2.10. The molecule has 0 saturated heterocycles. The Morgan fingerprint density at radius 3 is 2.30 bits per heavy atom. The number of benzene rings is 2. The van der Waals surface area contributed by atoms with Crippen molar-refractivity contribution in [3.05, 3.63) is 58.1 Å². The van der Waals surface area contributed by atoms with Crippen LogP contribution in [0.1, 0.15) is 20.7 Å². The second-order valence-corrected chi connectivity index (χ2v) is 5.78. The van der Waals surface area contributed by atoms with Crippen molar-refractivity contribution < 1.29 is 19.8 Å². The van der Waals surface area contributed by atoms with Crippen LogP contribution in [0.25, 0.3) is 0 Å². The fourth-order valence-electron chi connectivity index (χ4n) is 1.73. The molecule has 2 aromatic rings. The number of carboxylic acids is 1. The van der Waals surface area contributed by atoms with Gasteiger partial charge in [-0.3, -0.25) is 10.1 Å². The van der Waals surface area contributed by atoms with E-state index in [9.17, 15) is 14.7 Å². The van der Waals surface area contributed by atoms with Crippen LogP contribution < -0.4 is 10.6 Å². The average Bonchev–Trinajstić information content (AvgIpc) is 2.47. The number of carboxylic acid groups (broad SMARTS) is 1. The number of phenols is 1. The van der Waals surface area contributed by atoms with Gasteiger partial charge < -0.3 is 15.5 Å². The molecule has 0 bridgehead atoms. The molecule has 0 atom stereocenters. The van der Waals surface area contributed by atoms with Crippen molar-refractivity contribution in [1.82, 2.24) is 5.32 Å². The molecule has 0 aliphatic heterocycles. The van der Waals surface area contributed by atoms with E-state index in [4.69, 9.17) is 17.3 Å². The number of halogens is 1. The molecule has 0 saturated carbocycles. The van der Waals surface area contributed by atoms with E-state index in [0.29, 0.717) is 11.3 Å². The van der Waals surface area contributed by atoms with Crippen molar-refractivity contribution in [3.63, 3.8) is 0 Å². The maximum Gasteiger partial charge on any atom is 0.339 e. The Morgan fingerprint density at radius 2 is 1.74 bits per heavy atom. The summed E-state index contributed by atoms with van der Waals surface area (Å²) in [6.07, 6.45) is 0. The van der Waals surface area contributed by atoms with Gasteiger partial charge in [0, 0.05) is 21.8 Å². The third kappa shape index (κ3) is 4.51. The van der Waals surface area contributed by atoms with Crippen LogP contribution in [-0.4, -0.2) is 27.2 Å². The van der Waals surface area contributed by atoms with Crippen molar-refractivity contribution in [2.24, 2.45) is 0 Å². The van der Waals surface area contributed by atoms with Gasteiger partial charge in [-0.25, -0.2) is 4.79 Å². The molecular formula is C15H11BrN2O4S. The molecule has 1 amide bonds. The average molecular weight is 395 g/mol. The number of amides is 1. The SMILES string of the molecule is O=C(NC(=S)Nc1ccc(C(=O)O)c(O)c1)c1ccc(Br)cc1. The number of hydrogen-bond acceptors (Lipinski definition) is 4. The molecule has 4 N–H and O–H groups in total. The van der Waals surface area contributed by atoms with E-state index < -0.39 is 11.7 Å². The first-order valence-electron chi connectivity index (χ1n) is 6.31. The van der Waals surface area contributed by atoms with Gasteiger partial charge in [-0.15, -0.1) is 0 Å². The molecule has 0 aliphatic carbocycles. The smallest absolute Gasteiger partial charge is 0.339 e. The third-order valence-corrected chi connectivity index (χ3v) is 3.55. The number of thiocarbonyl (C=S) groups is 1. The Hall–Kier alpha value is -2.45. The normalized spacial score (nSPS) is 9.96. The van der Waals surface area contributed by atoms with Crippen LogP contribution in [-0.2, 0) is 0 Å². The molecule has 118 valence electrons. The highest BCUT2D eigenvalue weighted by Crippen LogP contribution is 2.21. The molecule has 0 fully saturated rings. The zero-order valence-electron chi connectivity index (χ0n) is 11.5. The predicted molar refractivity (Wildman–Crippen MR) is 92.9 cm³/mol. The zero-order valence-corrected chi connectivity index (χ0v) is 13.9. The monoisotopic (exact) mass is 394 g/mol. The van der Waals surface area contributed by atoms with Crippen molar-refractivity contribution >= 4 is 50.8 Å². The van der Waals surface area contributed by atoms with E-state index in [1.54, 1.807) is 24.3 Å². The number of anilines is 1. The third-order valence-electron chi connectivity index (χ3n) is 2.82. The standard InChI is InChI=1S/C15H11BrN2O4S/c16-9-3-1-8(2-4-9)13(20)18-15(23)17-10-5-6-11(14(21)22)12(19)7-10/h1-7,19H,(H,21,22)(H2,17,18,20,23). The molecule has 0 spiro atoms. The minimum atomic E-state index is -1.24. The largest absolute Gasteiger partial charge is 0.507 e. The topological polar surface area (TPSA) is 98.7 Å². The Labute approximate surface area is 145 Å². The van der Waals surface area contributed by atoms with Gasteiger partial charge in [0.1, 0.15) is 11.3 Å². The lowest BCUT2D eigenvalue weighted by Crippen LogP contribution is -2.34. The molecule has 23 heavy (non-hydrogen) atoms. The van der Waals surface area contributed by atoms with Crippen LogP contribution in [0, 0.1) is 0 Å². The van der Waals surface area contributed by atoms with Crippen molar-refractivity contribution in [2.45, 2.75) is 0 Å². The summed E-state index contributed by atoms with van der Waals surface area (Å²) in [5.74, 6) is -2.02. The number of rotatable bonds is 3. The number of carbonyl (C=O) groups excluding carboxylic acids is 1. The van der Waals surface area contributed by atoms with Gasteiger partial charge >= 0.3 is 5.97 Å². The Bertz CT molecular complexity index is 778. The summed E-state index contributed by atoms with van der Waals surface area (Å²) in [6.45, 7) is 0. The first-order valence-corrected chi connectivity index (χ1v) is 7.51. The second-order valence-electron chi connectivity index (χ2n) is 4.45. The molecule has 6 nitrogen and oxygen atoms in total. The lowest BCUT2D eigenvalue weighted by molar-refractivity contribution is 0.0693. The van der Waals surface area contributed by atoms with E-state index in [0.717, 1.165) is 4.47 Å². The molecule has 0 aliphatic rings. The first kappa shape index (κ1) is 16.9. The summed E-state index contributed by atoms with van der Waals surface area (Å²) < 4.78 is 0.851. The van der Waals surface area contributed by atoms with E-state index in [-0.39, 0.29) is 16.6 Å². The molecule has 2 rings (SSSR count).